The number of methoxy groups -OCH3 is 2. The number of carbonyl (C=O) groups is 1. The monoisotopic (exact) mass is 344 g/mol. The Bertz CT molecular complexity index is 862. The molecule has 0 atom stereocenters. The van der Waals surface area contributed by atoms with Crippen LogP contribution in [0.25, 0.3) is 10.8 Å². The summed E-state index contributed by atoms with van der Waals surface area (Å²) in [5.41, 5.74) is 0.992. The smallest absolute Gasteiger partial charge is 0.207 e. The Kier molecular flexibility index (Phi) is 5.67. The van der Waals surface area contributed by atoms with Crippen LogP contribution in [-0.2, 0) is 4.79 Å². The van der Waals surface area contributed by atoms with Gasteiger partial charge in [0.1, 0.15) is 5.94 Å². The average molecular weight is 344 g/mol. The topological polar surface area (TPSA) is 93.1 Å². The summed E-state index contributed by atoms with van der Waals surface area (Å²) in [4.78, 5) is 22.6. The van der Waals surface area contributed by atoms with E-state index < -0.39 is 0 Å². The zero-order chi connectivity index (χ0) is 18.6. The Balaban J connectivity index is 2.57. The van der Waals surface area contributed by atoms with Gasteiger partial charge in [-0.15, -0.1) is 0 Å². The van der Waals surface area contributed by atoms with Crippen molar-refractivity contribution in [1.82, 2.24) is 0 Å². The van der Waals surface area contributed by atoms with Gasteiger partial charge in [0.05, 0.1) is 14.2 Å². The van der Waals surface area contributed by atoms with Crippen LogP contribution >= 0.6 is 0 Å². The van der Waals surface area contributed by atoms with Crippen LogP contribution in [0, 0.1) is 6.92 Å². The summed E-state index contributed by atoms with van der Waals surface area (Å²) in [7, 11) is 2.72. The van der Waals surface area contributed by atoms with Crippen LogP contribution in [0.2, 0.25) is 0 Å². The van der Waals surface area contributed by atoms with Crippen LogP contribution in [0.3, 0.4) is 0 Å². The standard InChI is InChI=1S/C19H20O6/c1-11-12(14(21)7-5-4-6-10-20)8-9-13-15(11)17(23)19(25-3)18(24-2)16(13)22/h6,8-9,22-23H,4-5,7H2,1-3H3. The van der Waals surface area contributed by atoms with E-state index in [1.807, 2.05) is 0 Å². The maximum atomic E-state index is 12.4. The first kappa shape index (κ1) is 18.4. The number of ketones is 1. The van der Waals surface area contributed by atoms with E-state index >= 15 is 0 Å². The van der Waals surface area contributed by atoms with Gasteiger partial charge in [-0.3, -0.25) is 4.79 Å². The number of unbranched alkanes of at least 4 members (excludes halogenated alkanes) is 1. The van der Waals surface area contributed by atoms with Gasteiger partial charge in [-0.1, -0.05) is 6.07 Å². The third-order valence-corrected chi connectivity index (χ3v) is 4.14. The van der Waals surface area contributed by atoms with Gasteiger partial charge in [-0.25, -0.2) is 4.79 Å². The highest BCUT2D eigenvalue weighted by Gasteiger charge is 2.23. The van der Waals surface area contributed by atoms with Gasteiger partial charge in [0.15, 0.2) is 17.3 Å². The van der Waals surface area contributed by atoms with E-state index in [9.17, 15) is 19.8 Å². The quantitative estimate of drug-likeness (QED) is 0.346. The fourth-order valence-electron chi connectivity index (χ4n) is 2.90. The minimum absolute atomic E-state index is 0.0105. The van der Waals surface area contributed by atoms with Crippen LogP contribution in [0.1, 0.15) is 35.2 Å². The van der Waals surface area contributed by atoms with Gasteiger partial charge in [0, 0.05) is 22.8 Å². The third kappa shape index (κ3) is 3.30. The number of aryl methyl sites for hydroxylation is 1. The summed E-state index contributed by atoms with van der Waals surface area (Å²) >= 11 is 0. The number of hydrogen-bond donors (Lipinski definition) is 2. The fraction of sp³-hybridized carbons (Fsp3) is 0.316. The largest absolute Gasteiger partial charge is 0.504 e. The molecule has 2 aromatic carbocycles. The van der Waals surface area contributed by atoms with E-state index in [2.05, 4.69) is 0 Å². The van der Waals surface area contributed by atoms with Crippen molar-refractivity contribution >= 4 is 22.5 Å². The van der Waals surface area contributed by atoms with Crippen molar-refractivity contribution in [2.24, 2.45) is 0 Å². The highest BCUT2D eigenvalue weighted by atomic mass is 16.5. The number of benzene rings is 2. The Labute approximate surface area is 145 Å². The number of fused-ring (bicyclic) bond motifs is 1. The van der Waals surface area contributed by atoms with Gasteiger partial charge in [-0.2, -0.15) is 0 Å². The zero-order valence-electron chi connectivity index (χ0n) is 14.4. The van der Waals surface area contributed by atoms with Crippen LogP contribution in [0.5, 0.6) is 23.0 Å². The molecule has 0 fully saturated rings. The Morgan fingerprint density at radius 2 is 1.80 bits per heavy atom. The van der Waals surface area contributed by atoms with Crippen LogP contribution in [0.15, 0.2) is 18.2 Å². The molecule has 0 radical (unpaired) electrons. The molecule has 0 bridgehead atoms. The summed E-state index contributed by atoms with van der Waals surface area (Å²) < 4.78 is 10.3. The molecule has 0 heterocycles. The number of ether oxygens (including phenoxy) is 2. The number of carbonyl (C=O) groups excluding carboxylic acids is 2. The summed E-state index contributed by atoms with van der Waals surface area (Å²) in [6, 6.07) is 3.18. The van der Waals surface area contributed by atoms with E-state index in [0.29, 0.717) is 34.7 Å². The first-order valence-corrected chi connectivity index (χ1v) is 7.79. The van der Waals surface area contributed by atoms with Crippen molar-refractivity contribution in [3.8, 4) is 23.0 Å². The lowest BCUT2D eigenvalue weighted by atomic mass is 9.94. The first-order valence-electron chi connectivity index (χ1n) is 7.79. The number of phenolic OH excluding ortho intramolecular Hbond substituents is 2. The SMILES string of the molecule is COc1c(OC)c(O)c2c(C)c(C(=O)CCCC=C=O)ccc2c1O. The fourth-order valence-corrected chi connectivity index (χ4v) is 2.90. The predicted molar refractivity (Wildman–Crippen MR) is 93.6 cm³/mol. The zero-order valence-corrected chi connectivity index (χ0v) is 14.4. The molecule has 6 heteroatoms. The van der Waals surface area contributed by atoms with Gasteiger partial charge < -0.3 is 19.7 Å². The minimum Gasteiger partial charge on any atom is -0.504 e. The number of phenols is 2. The normalized spacial score (nSPS) is 10.4. The number of aromatic hydroxyl groups is 2. The molecule has 0 saturated heterocycles. The second-order valence-corrected chi connectivity index (χ2v) is 5.56. The molecule has 0 aliphatic rings. The third-order valence-electron chi connectivity index (χ3n) is 4.14. The summed E-state index contributed by atoms with van der Waals surface area (Å²) in [5.74, 6) is 1.27. The molecule has 2 N–H and O–H groups in total. The van der Waals surface area contributed by atoms with Crippen molar-refractivity contribution < 1.29 is 29.3 Å². The van der Waals surface area contributed by atoms with Crippen molar-refractivity contribution in [1.29, 1.82) is 0 Å². The Morgan fingerprint density at radius 3 is 2.40 bits per heavy atom. The molecule has 25 heavy (non-hydrogen) atoms. The van der Waals surface area contributed by atoms with Crippen LogP contribution in [0.4, 0.5) is 0 Å². The summed E-state index contributed by atoms with van der Waals surface area (Å²) in [6.45, 7) is 1.70. The number of Topliss-reactive ketones (excluding diaryl/α,β-unsaturated/α-hetero) is 1. The molecule has 0 amide bonds. The van der Waals surface area contributed by atoms with E-state index in [1.54, 1.807) is 25.0 Å². The number of allylic oxidation sites excluding steroid dienone is 1. The minimum atomic E-state index is -0.191. The molecule has 0 aliphatic carbocycles. The van der Waals surface area contributed by atoms with Crippen molar-refractivity contribution in [3.63, 3.8) is 0 Å². The van der Waals surface area contributed by atoms with E-state index in [4.69, 9.17) is 9.47 Å². The molecule has 0 aromatic heterocycles. The van der Waals surface area contributed by atoms with Gasteiger partial charge >= 0.3 is 0 Å². The molecule has 0 aliphatic heterocycles. The van der Waals surface area contributed by atoms with E-state index in [0.717, 1.165) is 0 Å². The predicted octanol–water partition coefficient (Wildman–Crippen LogP) is 3.32. The van der Waals surface area contributed by atoms with Crippen LogP contribution < -0.4 is 9.47 Å². The molecule has 0 unspecified atom stereocenters. The van der Waals surface area contributed by atoms with Crippen molar-refractivity contribution in [3.05, 3.63) is 29.3 Å². The molecule has 2 rings (SSSR count). The highest BCUT2D eigenvalue weighted by molar-refractivity contribution is 6.07. The highest BCUT2D eigenvalue weighted by Crippen LogP contribution is 2.51. The molecule has 0 spiro atoms. The summed E-state index contributed by atoms with van der Waals surface area (Å²) in [5, 5.41) is 21.7. The second kappa shape index (κ2) is 7.73. The molecule has 2 aromatic rings. The Morgan fingerprint density at radius 1 is 1.16 bits per heavy atom. The van der Waals surface area contributed by atoms with Gasteiger partial charge in [-0.05, 0) is 37.5 Å². The molecular weight excluding hydrogens is 324 g/mol. The second-order valence-electron chi connectivity index (χ2n) is 5.56. The maximum Gasteiger partial charge on any atom is 0.207 e. The van der Waals surface area contributed by atoms with Gasteiger partial charge in [0.25, 0.3) is 0 Å². The maximum absolute atomic E-state index is 12.4. The van der Waals surface area contributed by atoms with Crippen molar-refractivity contribution in [2.75, 3.05) is 14.2 Å². The van der Waals surface area contributed by atoms with Crippen LogP contribution in [-0.4, -0.2) is 36.2 Å². The molecule has 0 saturated carbocycles. The lowest BCUT2D eigenvalue weighted by Gasteiger charge is -2.17. The van der Waals surface area contributed by atoms with Gasteiger partial charge in [0.2, 0.25) is 11.5 Å². The molecule has 132 valence electrons. The lowest BCUT2D eigenvalue weighted by Crippen LogP contribution is -2.03. The number of hydrogen-bond acceptors (Lipinski definition) is 6. The molecule has 6 nitrogen and oxygen atoms in total. The van der Waals surface area contributed by atoms with Crippen molar-refractivity contribution in [2.45, 2.75) is 26.2 Å². The number of rotatable bonds is 7. The average Bonchev–Trinajstić information content (AvgIpc) is 2.61. The lowest BCUT2D eigenvalue weighted by molar-refractivity contribution is 0.0980. The van der Waals surface area contributed by atoms with E-state index in [1.165, 1.54) is 20.3 Å². The summed E-state index contributed by atoms with van der Waals surface area (Å²) in [6.07, 6.45) is 2.64. The Hall–Kier alpha value is -2.98. The molecular formula is C19H20O6. The first-order chi connectivity index (χ1) is 12.0. The van der Waals surface area contributed by atoms with E-state index in [-0.39, 0.29) is 35.2 Å².